The molecule has 0 unspecified atom stereocenters. The number of hydrogen-bond acceptors (Lipinski definition) is 4. The Kier molecular flexibility index (Phi) is 4.20. The van der Waals surface area contributed by atoms with Gasteiger partial charge in [0.25, 0.3) is 5.91 Å². The van der Waals surface area contributed by atoms with Crippen LogP contribution in [0.3, 0.4) is 0 Å². The van der Waals surface area contributed by atoms with E-state index < -0.39 is 5.60 Å². The minimum Gasteiger partial charge on any atom is -0.444 e. The molecule has 24 heavy (non-hydrogen) atoms. The third kappa shape index (κ3) is 3.07. The number of halogens is 1. The molecule has 130 valence electrons. The highest BCUT2D eigenvalue weighted by Crippen LogP contribution is 2.31. The fourth-order valence-electron chi connectivity index (χ4n) is 3.35. The third-order valence-electron chi connectivity index (χ3n) is 4.49. The third-order valence-corrected chi connectivity index (χ3v) is 4.70. The number of fused-ring (bicyclic) bond motifs is 1. The van der Waals surface area contributed by atoms with Gasteiger partial charge < -0.3 is 14.5 Å². The Morgan fingerprint density at radius 2 is 2.08 bits per heavy atom. The van der Waals surface area contributed by atoms with Crippen LogP contribution in [0.4, 0.5) is 4.79 Å². The summed E-state index contributed by atoms with van der Waals surface area (Å²) >= 11 is 5.90. The van der Waals surface area contributed by atoms with E-state index in [1.165, 1.54) is 0 Å². The summed E-state index contributed by atoms with van der Waals surface area (Å²) in [5, 5.41) is 0.318. The topological polar surface area (TPSA) is 62.7 Å². The number of carbonyl (C=O) groups is 2. The molecule has 2 atom stereocenters. The van der Waals surface area contributed by atoms with Gasteiger partial charge in [-0.05, 0) is 40.2 Å². The van der Waals surface area contributed by atoms with Crippen molar-refractivity contribution in [1.29, 1.82) is 0 Å². The molecule has 0 bridgehead atoms. The lowest BCUT2D eigenvalue weighted by Crippen LogP contribution is -2.46. The van der Waals surface area contributed by atoms with E-state index in [4.69, 9.17) is 16.3 Å². The molecule has 2 aliphatic rings. The molecule has 6 nitrogen and oxygen atoms in total. The van der Waals surface area contributed by atoms with Crippen molar-refractivity contribution in [2.24, 2.45) is 0 Å². The fraction of sp³-hybridized carbons (Fsp3) is 0.588. The van der Waals surface area contributed by atoms with Crippen LogP contribution >= 0.6 is 11.6 Å². The largest absolute Gasteiger partial charge is 0.444 e. The quantitative estimate of drug-likeness (QED) is 0.729. The first kappa shape index (κ1) is 17.0. The van der Waals surface area contributed by atoms with Crippen molar-refractivity contribution in [3.63, 3.8) is 0 Å². The first-order valence-electron chi connectivity index (χ1n) is 8.13. The number of nitrogens with zero attached hydrogens (tertiary/aromatic N) is 3. The Labute approximate surface area is 146 Å². The van der Waals surface area contributed by atoms with Crippen LogP contribution in [-0.4, -0.2) is 51.0 Å². The number of carbonyl (C=O) groups excluding carboxylic acids is 2. The van der Waals surface area contributed by atoms with Crippen LogP contribution in [0.2, 0.25) is 5.15 Å². The summed E-state index contributed by atoms with van der Waals surface area (Å²) in [6.45, 7) is 8.58. The molecule has 3 rings (SSSR count). The van der Waals surface area contributed by atoms with Gasteiger partial charge in [0.15, 0.2) is 0 Å². The average Bonchev–Trinajstić information content (AvgIpc) is 2.98. The van der Waals surface area contributed by atoms with Crippen molar-refractivity contribution in [3.8, 4) is 0 Å². The molecule has 7 heteroatoms. The van der Waals surface area contributed by atoms with E-state index in [1.54, 1.807) is 15.9 Å². The number of ether oxygens (including phenoxy) is 1. The van der Waals surface area contributed by atoms with Gasteiger partial charge in [-0.15, -0.1) is 0 Å². The van der Waals surface area contributed by atoms with Gasteiger partial charge in [0, 0.05) is 18.7 Å². The number of pyridine rings is 1. The molecular weight excluding hydrogens is 330 g/mol. The van der Waals surface area contributed by atoms with E-state index in [9.17, 15) is 9.59 Å². The molecule has 0 aromatic carbocycles. The molecule has 0 spiro atoms. The predicted molar refractivity (Wildman–Crippen MR) is 89.9 cm³/mol. The number of amides is 2. The van der Waals surface area contributed by atoms with Gasteiger partial charge >= 0.3 is 6.09 Å². The molecular formula is C17H22ClN3O3. The molecule has 0 N–H and O–H groups in total. The highest BCUT2D eigenvalue weighted by molar-refractivity contribution is 6.29. The molecule has 2 aliphatic heterocycles. The summed E-state index contributed by atoms with van der Waals surface area (Å²) in [6.07, 6.45) is 0.399. The molecule has 1 aromatic rings. The average molecular weight is 352 g/mol. The Morgan fingerprint density at radius 3 is 2.75 bits per heavy atom. The summed E-state index contributed by atoms with van der Waals surface area (Å²) in [7, 11) is 0. The van der Waals surface area contributed by atoms with Gasteiger partial charge in [-0.25, -0.2) is 9.78 Å². The Morgan fingerprint density at radius 1 is 1.38 bits per heavy atom. The van der Waals surface area contributed by atoms with E-state index >= 15 is 0 Å². The van der Waals surface area contributed by atoms with Crippen molar-refractivity contribution in [2.75, 3.05) is 6.54 Å². The molecule has 3 heterocycles. The highest BCUT2D eigenvalue weighted by atomic mass is 35.5. The second-order valence-electron chi connectivity index (χ2n) is 7.35. The number of aromatic nitrogens is 1. The summed E-state index contributed by atoms with van der Waals surface area (Å²) in [5.41, 5.74) is 0.771. The molecule has 1 fully saturated rings. The first-order valence-corrected chi connectivity index (χ1v) is 8.51. The maximum absolute atomic E-state index is 12.7. The Bertz CT molecular complexity index is 686. The van der Waals surface area contributed by atoms with E-state index in [-0.39, 0.29) is 24.1 Å². The Hall–Kier alpha value is -1.82. The molecule has 0 saturated carbocycles. The van der Waals surface area contributed by atoms with Gasteiger partial charge in [-0.3, -0.25) is 4.79 Å². The van der Waals surface area contributed by atoms with E-state index in [1.807, 2.05) is 33.8 Å². The van der Waals surface area contributed by atoms with Gasteiger partial charge in [0.1, 0.15) is 16.4 Å². The number of rotatable bonds is 1. The van der Waals surface area contributed by atoms with Crippen LogP contribution in [0, 0.1) is 0 Å². The zero-order chi connectivity index (χ0) is 17.6. The summed E-state index contributed by atoms with van der Waals surface area (Å²) in [6, 6.07) is 3.39. The standard InChI is InChI=1S/C17H22ClN3O3/c1-10-12(7-8-20(10)16(23)24-17(2,3)4)21-9-11-5-6-13(18)19-14(11)15(21)22/h5-6,10,12H,7-9H2,1-4H3/t10-,12-/m1/s1. The minimum absolute atomic E-state index is 0.0435. The van der Waals surface area contributed by atoms with Crippen molar-refractivity contribution in [3.05, 3.63) is 28.5 Å². The maximum atomic E-state index is 12.7. The highest BCUT2D eigenvalue weighted by Gasteiger charge is 2.43. The summed E-state index contributed by atoms with van der Waals surface area (Å²) in [5.74, 6) is -0.115. The zero-order valence-electron chi connectivity index (χ0n) is 14.4. The number of likely N-dealkylation sites (tertiary alicyclic amines) is 1. The zero-order valence-corrected chi connectivity index (χ0v) is 15.1. The predicted octanol–water partition coefficient (Wildman–Crippen LogP) is 3.09. The second kappa shape index (κ2) is 5.92. The van der Waals surface area contributed by atoms with Gasteiger partial charge in [-0.1, -0.05) is 17.7 Å². The monoisotopic (exact) mass is 351 g/mol. The van der Waals surface area contributed by atoms with E-state index in [2.05, 4.69) is 4.98 Å². The molecule has 1 aromatic heterocycles. The van der Waals surface area contributed by atoms with Crippen molar-refractivity contribution < 1.29 is 14.3 Å². The second-order valence-corrected chi connectivity index (χ2v) is 7.73. The van der Waals surface area contributed by atoms with Crippen LogP contribution in [0.5, 0.6) is 0 Å². The molecule has 0 aliphatic carbocycles. The lowest BCUT2D eigenvalue weighted by Gasteiger charge is -2.31. The SMILES string of the molecule is C[C@@H]1[C@H](N2Cc3ccc(Cl)nc3C2=O)CCN1C(=O)OC(C)(C)C. The van der Waals surface area contributed by atoms with Gasteiger partial charge in [-0.2, -0.15) is 0 Å². The van der Waals surface area contributed by atoms with Crippen LogP contribution < -0.4 is 0 Å². The van der Waals surface area contributed by atoms with Crippen molar-refractivity contribution in [2.45, 2.75) is 58.3 Å². The summed E-state index contributed by atoms with van der Waals surface area (Å²) in [4.78, 5) is 32.7. The lowest BCUT2D eigenvalue weighted by molar-refractivity contribution is 0.0198. The minimum atomic E-state index is -0.532. The van der Waals surface area contributed by atoms with Crippen LogP contribution in [0.15, 0.2) is 12.1 Å². The van der Waals surface area contributed by atoms with Crippen LogP contribution in [0.1, 0.15) is 50.2 Å². The Balaban J connectivity index is 1.74. The van der Waals surface area contributed by atoms with Gasteiger partial charge in [0.05, 0.1) is 12.1 Å². The van der Waals surface area contributed by atoms with Gasteiger partial charge in [0.2, 0.25) is 0 Å². The van der Waals surface area contributed by atoms with Crippen molar-refractivity contribution in [1.82, 2.24) is 14.8 Å². The van der Waals surface area contributed by atoms with E-state index in [0.29, 0.717) is 23.9 Å². The lowest BCUT2D eigenvalue weighted by atomic mass is 10.1. The fourth-order valence-corrected chi connectivity index (χ4v) is 3.50. The molecule has 0 radical (unpaired) electrons. The maximum Gasteiger partial charge on any atom is 0.410 e. The summed E-state index contributed by atoms with van der Waals surface area (Å²) < 4.78 is 5.46. The molecule has 1 saturated heterocycles. The van der Waals surface area contributed by atoms with Crippen LogP contribution in [-0.2, 0) is 11.3 Å². The molecule has 2 amide bonds. The van der Waals surface area contributed by atoms with Crippen molar-refractivity contribution >= 4 is 23.6 Å². The number of hydrogen-bond donors (Lipinski definition) is 0. The normalized spacial score (nSPS) is 23.6. The first-order chi connectivity index (χ1) is 11.2. The van der Waals surface area contributed by atoms with Crippen LogP contribution in [0.25, 0.3) is 0 Å². The smallest absolute Gasteiger partial charge is 0.410 e. The van der Waals surface area contributed by atoms with E-state index in [0.717, 1.165) is 12.0 Å².